The van der Waals surface area contributed by atoms with E-state index in [4.69, 9.17) is 0 Å². The Labute approximate surface area is 196 Å². The number of fused-ring (bicyclic) bond motifs is 5. The van der Waals surface area contributed by atoms with E-state index >= 15 is 0 Å². The second-order valence-corrected chi connectivity index (χ2v) is 12.7. The summed E-state index contributed by atoms with van der Waals surface area (Å²) >= 11 is 0. The van der Waals surface area contributed by atoms with E-state index in [9.17, 15) is 15.3 Å². The van der Waals surface area contributed by atoms with Crippen LogP contribution < -0.4 is 0 Å². The Bertz CT molecular complexity index is 741. The summed E-state index contributed by atoms with van der Waals surface area (Å²) in [4.78, 5) is 0. The van der Waals surface area contributed by atoms with Crippen molar-refractivity contribution in [1.29, 1.82) is 0 Å². The molecule has 3 N–H and O–H groups in total. The van der Waals surface area contributed by atoms with Crippen LogP contribution in [0, 0.1) is 52.3 Å². The number of aliphatic hydroxyl groups is 3. The second kappa shape index (κ2) is 8.86. The fourth-order valence-electron chi connectivity index (χ4n) is 8.93. The number of rotatable bonds is 5. The van der Waals surface area contributed by atoms with Crippen molar-refractivity contribution in [3.63, 3.8) is 0 Å². The van der Waals surface area contributed by atoms with E-state index in [-0.39, 0.29) is 34.9 Å². The molecule has 0 radical (unpaired) electrons. The van der Waals surface area contributed by atoms with Crippen LogP contribution in [0.3, 0.4) is 0 Å². The monoisotopic (exact) mass is 444 g/mol. The molecular formula is C29H48O3. The molecule has 0 unspecified atom stereocenters. The number of aliphatic hydroxyl groups excluding tert-OH is 3. The summed E-state index contributed by atoms with van der Waals surface area (Å²) in [6, 6.07) is 0. The lowest BCUT2D eigenvalue weighted by atomic mass is 9.45. The Hall–Kier alpha value is -0.640. The van der Waals surface area contributed by atoms with Gasteiger partial charge in [-0.2, -0.15) is 0 Å². The van der Waals surface area contributed by atoms with Crippen molar-refractivity contribution in [1.82, 2.24) is 0 Å². The molecule has 0 spiro atoms. The fourth-order valence-corrected chi connectivity index (χ4v) is 8.93. The van der Waals surface area contributed by atoms with Gasteiger partial charge in [-0.05, 0) is 97.2 Å². The van der Waals surface area contributed by atoms with Crippen molar-refractivity contribution in [3.8, 4) is 0 Å². The van der Waals surface area contributed by atoms with Gasteiger partial charge in [-0.25, -0.2) is 0 Å². The zero-order chi connectivity index (χ0) is 23.4. The molecule has 3 heteroatoms. The van der Waals surface area contributed by atoms with Crippen molar-refractivity contribution in [2.75, 3.05) is 0 Å². The second-order valence-electron chi connectivity index (χ2n) is 12.7. The maximum absolute atomic E-state index is 11.6. The van der Waals surface area contributed by atoms with Gasteiger partial charge in [0.15, 0.2) is 0 Å². The normalized spacial score (nSPS) is 48.2. The molecule has 3 saturated carbocycles. The van der Waals surface area contributed by atoms with Crippen LogP contribution in [0.4, 0.5) is 0 Å². The summed E-state index contributed by atoms with van der Waals surface area (Å²) in [5, 5.41) is 33.2. The molecule has 0 aromatic rings. The molecule has 32 heavy (non-hydrogen) atoms. The standard InChI is InChI=1S/C29H48O3/c1-7-19(17(2)3)9-8-18(4)22-10-11-23-26-24(31)15-20-14-21(30)12-13-28(20,5)27(26)25(32)16-29(22,23)6/h8-9,15,17-19,21-27,30-32H,7,10-14,16H2,1-6H3/b9-8+/t18-,19+,21+,22-,23+,24-,25-,26-,27+,28+,29-/m1/s1. The first kappa shape index (κ1) is 24.5. The number of allylic oxidation sites excluding steroid dienone is 2. The lowest BCUT2D eigenvalue weighted by Crippen LogP contribution is -2.60. The van der Waals surface area contributed by atoms with E-state index in [1.54, 1.807) is 0 Å². The van der Waals surface area contributed by atoms with E-state index in [1.165, 1.54) is 18.4 Å². The third-order valence-electron chi connectivity index (χ3n) is 10.7. The van der Waals surface area contributed by atoms with Crippen molar-refractivity contribution in [2.24, 2.45) is 52.3 Å². The smallest absolute Gasteiger partial charge is 0.0758 e. The topological polar surface area (TPSA) is 60.7 Å². The molecule has 11 atom stereocenters. The summed E-state index contributed by atoms with van der Waals surface area (Å²) in [5.41, 5.74) is 1.18. The predicted octanol–water partition coefficient (Wildman–Crippen LogP) is 5.74. The SMILES string of the molecule is CC[C@@H](/C=C/[C@@H](C)[C@H]1CC[C@H]2[C@H]3[C@H]([C@H](O)C[C@]12C)[C@@]1(C)CC[C@H](O)CC1=C[C@H]3O)C(C)C. The highest BCUT2D eigenvalue weighted by Crippen LogP contribution is 2.67. The molecule has 3 nitrogen and oxygen atoms in total. The van der Waals surface area contributed by atoms with Crippen molar-refractivity contribution in [3.05, 3.63) is 23.8 Å². The van der Waals surface area contributed by atoms with Crippen LogP contribution in [0.2, 0.25) is 0 Å². The Balaban J connectivity index is 1.61. The van der Waals surface area contributed by atoms with Gasteiger partial charge in [-0.3, -0.25) is 0 Å². The molecule has 3 fully saturated rings. The van der Waals surface area contributed by atoms with Crippen LogP contribution >= 0.6 is 0 Å². The van der Waals surface area contributed by atoms with Gasteiger partial charge in [-0.15, -0.1) is 0 Å². The van der Waals surface area contributed by atoms with Crippen molar-refractivity contribution < 1.29 is 15.3 Å². The molecule has 0 saturated heterocycles. The Morgan fingerprint density at radius 3 is 2.44 bits per heavy atom. The summed E-state index contributed by atoms with van der Waals surface area (Å²) in [6.45, 7) is 14.0. The van der Waals surface area contributed by atoms with Gasteiger partial charge in [0.05, 0.1) is 18.3 Å². The maximum Gasteiger partial charge on any atom is 0.0758 e. The minimum Gasteiger partial charge on any atom is -0.393 e. The molecule has 4 aliphatic rings. The molecule has 4 aliphatic carbocycles. The Kier molecular flexibility index (Phi) is 6.78. The zero-order valence-corrected chi connectivity index (χ0v) is 21.3. The zero-order valence-electron chi connectivity index (χ0n) is 21.3. The van der Waals surface area contributed by atoms with Crippen molar-refractivity contribution in [2.45, 2.75) is 105 Å². The van der Waals surface area contributed by atoms with E-state index in [1.807, 2.05) is 0 Å². The number of hydrogen-bond donors (Lipinski definition) is 3. The molecule has 4 rings (SSSR count). The van der Waals surface area contributed by atoms with Crippen LogP contribution in [0.15, 0.2) is 23.8 Å². The highest BCUT2D eigenvalue weighted by Gasteiger charge is 2.63. The average Bonchev–Trinajstić information content (AvgIpc) is 3.05. The lowest BCUT2D eigenvalue weighted by Gasteiger charge is -2.61. The Morgan fingerprint density at radius 1 is 1.06 bits per heavy atom. The van der Waals surface area contributed by atoms with Crippen LogP contribution in [0.5, 0.6) is 0 Å². The van der Waals surface area contributed by atoms with Crippen LogP contribution in [0.25, 0.3) is 0 Å². The highest BCUT2D eigenvalue weighted by atomic mass is 16.3. The molecule has 0 amide bonds. The van der Waals surface area contributed by atoms with Gasteiger partial charge in [0.1, 0.15) is 0 Å². The third kappa shape index (κ3) is 3.85. The van der Waals surface area contributed by atoms with Gasteiger partial charge < -0.3 is 15.3 Å². The van der Waals surface area contributed by atoms with Crippen LogP contribution in [-0.4, -0.2) is 33.6 Å². The molecule has 0 bridgehead atoms. The van der Waals surface area contributed by atoms with Crippen LogP contribution in [0.1, 0.15) is 86.5 Å². The fraction of sp³-hybridized carbons (Fsp3) is 0.862. The first-order valence-corrected chi connectivity index (χ1v) is 13.5. The van der Waals surface area contributed by atoms with Gasteiger partial charge in [-0.1, -0.05) is 65.3 Å². The minimum absolute atomic E-state index is 0.0702. The summed E-state index contributed by atoms with van der Waals surface area (Å²) in [5.74, 6) is 3.05. The number of hydrogen-bond acceptors (Lipinski definition) is 3. The third-order valence-corrected chi connectivity index (χ3v) is 10.7. The van der Waals surface area contributed by atoms with Crippen molar-refractivity contribution >= 4 is 0 Å². The molecule has 0 aliphatic heterocycles. The first-order chi connectivity index (χ1) is 15.0. The van der Waals surface area contributed by atoms with Crippen LogP contribution in [-0.2, 0) is 0 Å². The molecular weight excluding hydrogens is 396 g/mol. The largest absolute Gasteiger partial charge is 0.393 e. The molecule has 0 heterocycles. The van der Waals surface area contributed by atoms with E-state index in [2.05, 4.69) is 59.8 Å². The van der Waals surface area contributed by atoms with E-state index < -0.39 is 6.10 Å². The highest BCUT2D eigenvalue weighted by molar-refractivity contribution is 5.29. The van der Waals surface area contributed by atoms with E-state index in [0.29, 0.717) is 36.0 Å². The molecule has 182 valence electrons. The first-order valence-electron chi connectivity index (χ1n) is 13.5. The quantitative estimate of drug-likeness (QED) is 0.474. The minimum atomic E-state index is -0.498. The average molecular weight is 445 g/mol. The molecule has 0 aromatic heterocycles. The summed E-state index contributed by atoms with van der Waals surface area (Å²) < 4.78 is 0. The van der Waals surface area contributed by atoms with E-state index in [0.717, 1.165) is 25.7 Å². The van der Waals surface area contributed by atoms with Gasteiger partial charge >= 0.3 is 0 Å². The predicted molar refractivity (Wildman–Crippen MR) is 131 cm³/mol. The van der Waals surface area contributed by atoms with Gasteiger partial charge in [0.25, 0.3) is 0 Å². The molecule has 0 aromatic carbocycles. The lowest BCUT2D eigenvalue weighted by molar-refractivity contribution is -0.154. The van der Waals surface area contributed by atoms with Gasteiger partial charge in [0, 0.05) is 0 Å². The Morgan fingerprint density at radius 2 is 1.78 bits per heavy atom. The van der Waals surface area contributed by atoms with Gasteiger partial charge in [0.2, 0.25) is 0 Å². The maximum atomic E-state index is 11.6. The summed E-state index contributed by atoms with van der Waals surface area (Å²) in [6.07, 6.45) is 12.6. The summed E-state index contributed by atoms with van der Waals surface area (Å²) in [7, 11) is 0.